The number of hydrogen-bond donors (Lipinski definition) is 1. The minimum Gasteiger partial charge on any atom is -0.336 e. The molecule has 11 heteroatoms. The second-order valence-corrected chi connectivity index (χ2v) is 10.7. The number of nitrogens with zero attached hydrogens (tertiary/aromatic N) is 4. The summed E-state index contributed by atoms with van der Waals surface area (Å²) < 4.78 is 55.7. The molecule has 2 aliphatic rings. The number of likely N-dealkylation sites (N-methyl/N-ethyl adjacent to an activating group) is 1. The Morgan fingerprint density at radius 2 is 1.63 bits per heavy atom. The highest BCUT2D eigenvalue weighted by Crippen LogP contribution is 2.32. The normalized spacial score (nSPS) is 17.4. The molecule has 0 saturated carbocycles. The van der Waals surface area contributed by atoms with Crippen LogP contribution in [0.1, 0.15) is 21.6 Å². The molecule has 0 unspecified atom stereocenters. The van der Waals surface area contributed by atoms with Gasteiger partial charge < -0.3 is 9.80 Å². The maximum atomic E-state index is 14.2. The summed E-state index contributed by atoms with van der Waals surface area (Å²) in [5.41, 5.74) is 3.26. The summed E-state index contributed by atoms with van der Waals surface area (Å²) in [7, 11) is -2.36. The summed E-state index contributed by atoms with van der Waals surface area (Å²) >= 11 is 0. The fourth-order valence-corrected chi connectivity index (χ4v) is 6.05. The van der Waals surface area contributed by atoms with Gasteiger partial charge in [-0.3, -0.25) is 9.89 Å². The van der Waals surface area contributed by atoms with Crippen LogP contribution in [0.25, 0.3) is 11.3 Å². The van der Waals surface area contributed by atoms with E-state index in [1.54, 1.807) is 24.3 Å². The van der Waals surface area contributed by atoms with Crippen LogP contribution in [0, 0.1) is 11.6 Å². The molecule has 184 valence electrons. The molecule has 1 saturated heterocycles. The highest BCUT2D eigenvalue weighted by Gasteiger charge is 2.35. The van der Waals surface area contributed by atoms with Crippen LogP contribution >= 0.6 is 0 Å². The fraction of sp³-hybridized carbons (Fsp3) is 0.333. The first-order valence-electron chi connectivity index (χ1n) is 11.3. The van der Waals surface area contributed by atoms with Crippen molar-refractivity contribution in [2.45, 2.75) is 17.9 Å². The Bertz CT molecular complexity index is 1350. The number of carbonyl (C=O) groups excluding carboxylic acids is 1. The summed E-state index contributed by atoms with van der Waals surface area (Å²) in [6.07, 6.45) is 0.331. The predicted molar refractivity (Wildman–Crippen MR) is 125 cm³/mol. The quantitative estimate of drug-likeness (QED) is 0.594. The molecule has 1 aromatic heterocycles. The Hall–Kier alpha value is -3.15. The number of sulfonamides is 1. The molecule has 0 radical (unpaired) electrons. The molecular weight excluding hydrogens is 476 g/mol. The molecule has 1 fully saturated rings. The van der Waals surface area contributed by atoms with Crippen molar-refractivity contribution in [3.8, 4) is 11.3 Å². The molecule has 0 spiro atoms. The van der Waals surface area contributed by atoms with E-state index in [2.05, 4.69) is 15.1 Å². The fourth-order valence-electron chi connectivity index (χ4n) is 4.54. The van der Waals surface area contributed by atoms with Gasteiger partial charge in [0, 0.05) is 68.1 Å². The SMILES string of the molecule is CN1CCN(C(=O)c2ccc(-c3n[nH]c4c3CN(S(=O)(=O)c3c(F)cccc3F)CC4)cc2)CC1. The lowest BCUT2D eigenvalue weighted by Crippen LogP contribution is -2.47. The third-order valence-corrected chi connectivity index (χ3v) is 8.51. The van der Waals surface area contributed by atoms with E-state index in [1.165, 1.54) is 0 Å². The Balaban J connectivity index is 1.39. The number of aromatic nitrogens is 2. The van der Waals surface area contributed by atoms with Gasteiger partial charge in [0.05, 0.1) is 5.69 Å². The van der Waals surface area contributed by atoms with Crippen LogP contribution in [0.3, 0.4) is 0 Å². The molecule has 0 bridgehead atoms. The van der Waals surface area contributed by atoms with Crippen molar-refractivity contribution in [2.75, 3.05) is 39.8 Å². The highest BCUT2D eigenvalue weighted by molar-refractivity contribution is 7.89. The van der Waals surface area contributed by atoms with Crippen molar-refractivity contribution in [1.82, 2.24) is 24.3 Å². The second-order valence-electron chi connectivity index (χ2n) is 8.84. The van der Waals surface area contributed by atoms with Gasteiger partial charge in [0.15, 0.2) is 4.90 Å². The average Bonchev–Trinajstić information content (AvgIpc) is 3.27. The van der Waals surface area contributed by atoms with E-state index >= 15 is 0 Å². The molecule has 2 aliphatic heterocycles. The third kappa shape index (κ3) is 4.35. The van der Waals surface area contributed by atoms with Crippen LogP contribution in [0.15, 0.2) is 47.4 Å². The van der Waals surface area contributed by atoms with Gasteiger partial charge in [-0.2, -0.15) is 9.40 Å². The number of fused-ring (bicyclic) bond motifs is 1. The molecule has 1 N–H and O–H groups in total. The molecule has 0 atom stereocenters. The lowest BCUT2D eigenvalue weighted by Gasteiger charge is -2.32. The largest absolute Gasteiger partial charge is 0.336 e. The lowest BCUT2D eigenvalue weighted by atomic mass is 10.0. The zero-order chi connectivity index (χ0) is 24.7. The number of aromatic amines is 1. The van der Waals surface area contributed by atoms with Crippen LogP contribution in [0.5, 0.6) is 0 Å². The molecule has 35 heavy (non-hydrogen) atoms. The summed E-state index contributed by atoms with van der Waals surface area (Å²) in [5, 5.41) is 7.32. The average molecular weight is 502 g/mol. The van der Waals surface area contributed by atoms with Crippen molar-refractivity contribution in [1.29, 1.82) is 0 Å². The minimum absolute atomic E-state index is 0.0297. The van der Waals surface area contributed by atoms with E-state index in [4.69, 9.17) is 0 Å². The monoisotopic (exact) mass is 501 g/mol. The number of piperazine rings is 1. The van der Waals surface area contributed by atoms with E-state index < -0.39 is 26.6 Å². The zero-order valence-electron chi connectivity index (χ0n) is 19.2. The maximum Gasteiger partial charge on any atom is 0.253 e. The zero-order valence-corrected chi connectivity index (χ0v) is 20.0. The van der Waals surface area contributed by atoms with Crippen LogP contribution < -0.4 is 0 Å². The van der Waals surface area contributed by atoms with Crippen molar-refractivity contribution >= 4 is 15.9 Å². The standard InChI is InChI=1S/C24H25F2N5O3S/c1-29-11-13-30(14-12-29)24(32)17-7-5-16(6-8-17)22-18-15-31(10-9-21(18)27-28-22)35(33,34)23-19(25)3-2-4-20(23)26/h2-8H,9-15H2,1H3,(H,27,28). The van der Waals surface area contributed by atoms with Gasteiger partial charge in [-0.25, -0.2) is 17.2 Å². The van der Waals surface area contributed by atoms with E-state index in [9.17, 15) is 22.0 Å². The van der Waals surface area contributed by atoms with Gasteiger partial charge in [0.25, 0.3) is 5.91 Å². The van der Waals surface area contributed by atoms with Gasteiger partial charge in [0.1, 0.15) is 11.6 Å². The molecular formula is C24H25F2N5O3S. The molecule has 5 rings (SSSR count). The number of benzene rings is 2. The Morgan fingerprint density at radius 3 is 2.29 bits per heavy atom. The number of H-pyrrole nitrogens is 1. The first-order valence-corrected chi connectivity index (χ1v) is 12.8. The smallest absolute Gasteiger partial charge is 0.253 e. The van der Waals surface area contributed by atoms with Crippen molar-refractivity contribution < 1.29 is 22.0 Å². The minimum atomic E-state index is -4.39. The summed E-state index contributed by atoms with van der Waals surface area (Å²) in [6.45, 7) is 3.02. The summed E-state index contributed by atoms with van der Waals surface area (Å²) in [6, 6.07) is 10.0. The Labute approximate surface area is 202 Å². The van der Waals surface area contributed by atoms with Gasteiger partial charge in [-0.05, 0) is 31.3 Å². The third-order valence-electron chi connectivity index (χ3n) is 6.61. The van der Waals surface area contributed by atoms with E-state index in [0.29, 0.717) is 41.9 Å². The lowest BCUT2D eigenvalue weighted by molar-refractivity contribution is 0.0664. The van der Waals surface area contributed by atoms with Crippen LogP contribution in [-0.4, -0.2) is 78.4 Å². The van der Waals surface area contributed by atoms with Crippen LogP contribution in [-0.2, 0) is 23.0 Å². The van der Waals surface area contributed by atoms with Gasteiger partial charge in [-0.1, -0.05) is 18.2 Å². The number of rotatable bonds is 4. The van der Waals surface area contributed by atoms with Gasteiger partial charge in [0.2, 0.25) is 10.0 Å². The van der Waals surface area contributed by atoms with E-state index in [1.807, 2.05) is 11.9 Å². The second kappa shape index (κ2) is 9.14. The van der Waals surface area contributed by atoms with Gasteiger partial charge in [-0.15, -0.1) is 0 Å². The molecule has 0 aliphatic carbocycles. The predicted octanol–water partition coefficient (Wildman–Crippen LogP) is 2.49. The summed E-state index contributed by atoms with van der Waals surface area (Å²) in [5.74, 6) is -2.27. The van der Waals surface area contributed by atoms with Crippen molar-refractivity contribution in [3.63, 3.8) is 0 Å². The Kier molecular flexibility index (Phi) is 6.16. The first kappa shape index (κ1) is 23.6. The number of hydrogen-bond acceptors (Lipinski definition) is 5. The van der Waals surface area contributed by atoms with E-state index in [-0.39, 0.29) is 19.0 Å². The van der Waals surface area contributed by atoms with Crippen LogP contribution in [0.2, 0.25) is 0 Å². The maximum absolute atomic E-state index is 14.2. The Morgan fingerprint density at radius 1 is 0.971 bits per heavy atom. The van der Waals surface area contributed by atoms with Crippen molar-refractivity contribution in [3.05, 3.63) is 70.9 Å². The highest BCUT2D eigenvalue weighted by atomic mass is 32.2. The number of carbonyl (C=O) groups is 1. The topological polar surface area (TPSA) is 89.6 Å². The summed E-state index contributed by atoms with van der Waals surface area (Å²) in [4.78, 5) is 15.9. The van der Waals surface area contributed by atoms with E-state index in [0.717, 1.165) is 41.3 Å². The first-order chi connectivity index (χ1) is 16.8. The van der Waals surface area contributed by atoms with Gasteiger partial charge >= 0.3 is 0 Å². The molecule has 1 amide bonds. The van der Waals surface area contributed by atoms with Crippen molar-refractivity contribution in [2.24, 2.45) is 0 Å². The molecule has 3 aromatic rings. The van der Waals surface area contributed by atoms with Crippen LogP contribution in [0.4, 0.5) is 8.78 Å². The number of nitrogens with one attached hydrogen (secondary N) is 1. The molecule has 3 heterocycles. The molecule has 2 aromatic carbocycles. The number of halogens is 2. The molecule has 8 nitrogen and oxygen atoms in total. The number of amides is 1.